The number of hydrogen-bond donors (Lipinski definition) is 1. The molecule has 1 N–H and O–H groups in total. The smallest absolute Gasteiger partial charge is 0.320 e. The number of nitrogens with one attached hydrogen (secondary N) is 1. The van der Waals surface area contributed by atoms with E-state index < -0.39 is 73.8 Å². The van der Waals surface area contributed by atoms with E-state index in [2.05, 4.69) is 0 Å². The SMILES string of the molecule is CN(C(=O)c1ccccc1F)c1cccc(C(=O)Nc2c(I)cc(C(F)(C(F)(F)F)C(F)(F)F)cc2C(F)(F)F)c1. The summed E-state index contributed by atoms with van der Waals surface area (Å²) in [5, 5.41) is 1.78. The quantitative estimate of drug-likeness (QED) is 0.214. The van der Waals surface area contributed by atoms with E-state index in [0.717, 1.165) is 45.7 Å². The van der Waals surface area contributed by atoms with Gasteiger partial charge in [-0.05, 0) is 65.1 Å². The van der Waals surface area contributed by atoms with Gasteiger partial charge in [-0.25, -0.2) is 8.78 Å². The van der Waals surface area contributed by atoms with Gasteiger partial charge in [0.05, 0.1) is 16.8 Å². The molecule has 41 heavy (non-hydrogen) atoms. The summed E-state index contributed by atoms with van der Waals surface area (Å²) in [5.74, 6) is -3.02. The minimum absolute atomic E-state index is 0.0236. The third kappa shape index (κ3) is 6.25. The number of carbonyl (C=O) groups is 2. The second-order valence-electron chi connectivity index (χ2n) is 8.38. The van der Waals surface area contributed by atoms with Crippen LogP contribution in [0.4, 0.5) is 59.7 Å². The van der Waals surface area contributed by atoms with Crippen molar-refractivity contribution in [2.24, 2.45) is 0 Å². The van der Waals surface area contributed by atoms with E-state index in [4.69, 9.17) is 0 Å². The number of nitrogens with zero attached hydrogens (tertiary/aromatic N) is 1. The molecule has 0 saturated carbocycles. The molecular formula is C25H14F11IN2O2. The summed E-state index contributed by atoms with van der Waals surface area (Å²) in [7, 11) is 1.21. The molecule has 0 spiro atoms. The number of amides is 2. The van der Waals surface area contributed by atoms with Gasteiger partial charge in [0.1, 0.15) is 5.82 Å². The van der Waals surface area contributed by atoms with Crippen LogP contribution in [0.1, 0.15) is 31.8 Å². The fraction of sp³-hybridized carbons (Fsp3) is 0.200. The van der Waals surface area contributed by atoms with Gasteiger partial charge < -0.3 is 10.2 Å². The second kappa shape index (κ2) is 11.1. The van der Waals surface area contributed by atoms with Crippen LogP contribution in [-0.2, 0) is 11.8 Å². The highest BCUT2D eigenvalue weighted by Gasteiger charge is 2.73. The molecule has 0 saturated heterocycles. The summed E-state index contributed by atoms with van der Waals surface area (Å²) < 4.78 is 148. The number of anilines is 2. The van der Waals surface area contributed by atoms with Gasteiger partial charge in [0.2, 0.25) is 0 Å². The van der Waals surface area contributed by atoms with Crippen molar-refractivity contribution in [3.8, 4) is 0 Å². The molecule has 0 radical (unpaired) electrons. The topological polar surface area (TPSA) is 49.4 Å². The third-order valence-corrected chi connectivity index (χ3v) is 6.57. The maximum atomic E-state index is 14.5. The molecule has 0 heterocycles. The molecule has 0 aliphatic rings. The number of alkyl halides is 10. The van der Waals surface area contributed by atoms with Crippen LogP contribution in [0.5, 0.6) is 0 Å². The van der Waals surface area contributed by atoms with E-state index in [9.17, 15) is 57.9 Å². The number of rotatable bonds is 5. The van der Waals surface area contributed by atoms with Gasteiger partial charge in [0.25, 0.3) is 11.8 Å². The van der Waals surface area contributed by atoms with E-state index in [1.165, 1.54) is 37.4 Å². The van der Waals surface area contributed by atoms with Crippen molar-refractivity contribution < 1.29 is 57.9 Å². The van der Waals surface area contributed by atoms with Gasteiger partial charge in [0.15, 0.2) is 0 Å². The zero-order valence-electron chi connectivity index (χ0n) is 20.1. The molecule has 220 valence electrons. The summed E-state index contributed by atoms with van der Waals surface area (Å²) in [5.41, 5.74) is -12.7. The van der Waals surface area contributed by atoms with Crippen molar-refractivity contribution in [2.45, 2.75) is 24.2 Å². The minimum atomic E-state index is -6.67. The monoisotopic (exact) mass is 710 g/mol. The Morgan fingerprint density at radius 2 is 1.39 bits per heavy atom. The average Bonchev–Trinajstić information content (AvgIpc) is 2.86. The van der Waals surface area contributed by atoms with Crippen molar-refractivity contribution in [3.63, 3.8) is 0 Å². The summed E-state index contributed by atoms with van der Waals surface area (Å²) >= 11 is 0.932. The van der Waals surface area contributed by atoms with Crippen molar-refractivity contribution in [1.29, 1.82) is 0 Å². The first-order chi connectivity index (χ1) is 18.7. The largest absolute Gasteiger partial charge is 0.435 e. The Kier molecular flexibility index (Phi) is 8.68. The Morgan fingerprint density at radius 3 is 1.93 bits per heavy atom. The maximum absolute atomic E-state index is 14.5. The summed E-state index contributed by atoms with van der Waals surface area (Å²) in [6, 6.07) is 8.74. The van der Waals surface area contributed by atoms with Crippen molar-refractivity contribution in [2.75, 3.05) is 17.3 Å². The fourth-order valence-electron chi connectivity index (χ4n) is 3.62. The van der Waals surface area contributed by atoms with Crippen LogP contribution in [0.3, 0.4) is 0 Å². The van der Waals surface area contributed by atoms with E-state index in [-0.39, 0.29) is 17.3 Å². The van der Waals surface area contributed by atoms with E-state index in [0.29, 0.717) is 0 Å². The first-order valence-corrected chi connectivity index (χ1v) is 12.0. The Balaban J connectivity index is 2.04. The molecule has 0 atom stereocenters. The third-order valence-electron chi connectivity index (χ3n) is 5.72. The Hall–Kier alpha value is -3.44. The highest BCUT2D eigenvalue weighted by Crippen LogP contribution is 2.54. The molecule has 0 unspecified atom stereocenters. The van der Waals surface area contributed by atoms with Crippen LogP contribution in [-0.4, -0.2) is 31.2 Å². The Bertz CT molecular complexity index is 1470. The van der Waals surface area contributed by atoms with Gasteiger partial charge in [-0.3, -0.25) is 9.59 Å². The van der Waals surface area contributed by atoms with Crippen molar-refractivity contribution in [3.05, 3.63) is 92.3 Å². The van der Waals surface area contributed by atoms with E-state index in [1.54, 1.807) is 5.32 Å². The minimum Gasteiger partial charge on any atom is -0.320 e. The lowest BCUT2D eigenvalue weighted by atomic mass is 9.92. The predicted molar refractivity (Wildman–Crippen MR) is 133 cm³/mol. The average molecular weight is 710 g/mol. The number of benzene rings is 3. The lowest BCUT2D eigenvalue weighted by Crippen LogP contribution is -2.50. The molecule has 0 aliphatic heterocycles. The first kappa shape index (κ1) is 32.1. The van der Waals surface area contributed by atoms with Gasteiger partial charge in [0, 0.05) is 27.4 Å². The first-order valence-electron chi connectivity index (χ1n) is 10.9. The molecule has 0 bridgehead atoms. The van der Waals surface area contributed by atoms with Crippen molar-refractivity contribution >= 4 is 45.8 Å². The summed E-state index contributed by atoms with van der Waals surface area (Å²) in [6.07, 6.45) is -19.0. The molecule has 16 heteroatoms. The van der Waals surface area contributed by atoms with Crippen molar-refractivity contribution in [1.82, 2.24) is 0 Å². The van der Waals surface area contributed by atoms with Gasteiger partial charge in [-0.1, -0.05) is 18.2 Å². The molecule has 0 aliphatic carbocycles. The fourth-order valence-corrected chi connectivity index (χ4v) is 4.38. The highest BCUT2D eigenvalue weighted by molar-refractivity contribution is 14.1. The highest BCUT2D eigenvalue weighted by atomic mass is 127. The van der Waals surface area contributed by atoms with Crippen LogP contribution >= 0.6 is 22.6 Å². The van der Waals surface area contributed by atoms with Gasteiger partial charge >= 0.3 is 24.2 Å². The zero-order valence-corrected chi connectivity index (χ0v) is 22.2. The molecular weight excluding hydrogens is 696 g/mol. The number of halogens is 12. The Labute approximate surface area is 237 Å². The normalized spacial score (nSPS) is 12.7. The number of carbonyl (C=O) groups excluding carboxylic acids is 2. The van der Waals surface area contributed by atoms with Crippen LogP contribution in [0.25, 0.3) is 0 Å². The molecule has 0 aromatic heterocycles. The van der Waals surface area contributed by atoms with Crippen LogP contribution in [0.2, 0.25) is 0 Å². The Morgan fingerprint density at radius 1 is 0.805 bits per heavy atom. The summed E-state index contributed by atoms with van der Waals surface area (Å²) in [4.78, 5) is 26.4. The van der Waals surface area contributed by atoms with Crippen LogP contribution in [0.15, 0.2) is 60.7 Å². The second-order valence-corrected chi connectivity index (χ2v) is 9.54. The van der Waals surface area contributed by atoms with Gasteiger partial charge in [-0.2, -0.15) is 39.5 Å². The number of hydrogen-bond acceptors (Lipinski definition) is 2. The molecule has 3 aromatic rings. The molecule has 4 nitrogen and oxygen atoms in total. The molecule has 3 rings (SSSR count). The van der Waals surface area contributed by atoms with Gasteiger partial charge in [-0.15, -0.1) is 0 Å². The maximum Gasteiger partial charge on any atom is 0.435 e. The molecule has 0 fully saturated rings. The lowest BCUT2D eigenvalue weighted by Gasteiger charge is -2.31. The van der Waals surface area contributed by atoms with Crippen LogP contribution < -0.4 is 10.2 Å². The standard InChI is InChI=1S/C25H14F11IN2O2/c1-39(21(41)15-7-2-3-8-17(15)26)14-6-4-5-12(9-14)20(40)38-19-16(23(28,29)30)10-13(11-18(19)37)22(27,24(31,32)33)25(34,35)36/h2-11H,1H3,(H,38,40). The lowest BCUT2D eigenvalue weighted by molar-refractivity contribution is -0.348. The summed E-state index contributed by atoms with van der Waals surface area (Å²) in [6.45, 7) is 0. The molecule has 2 amide bonds. The van der Waals surface area contributed by atoms with E-state index >= 15 is 0 Å². The van der Waals surface area contributed by atoms with Crippen LogP contribution in [0, 0.1) is 9.39 Å². The zero-order chi connectivity index (χ0) is 31.1. The molecule has 3 aromatic carbocycles. The van der Waals surface area contributed by atoms with E-state index in [1.807, 2.05) is 0 Å². The predicted octanol–water partition coefficient (Wildman–Crippen LogP) is 8.27.